The van der Waals surface area contributed by atoms with E-state index in [2.05, 4.69) is 50.0 Å². The van der Waals surface area contributed by atoms with Gasteiger partial charge in [0.15, 0.2) is 0 Å². The maximum Gasteiger partial charge on any atom is 0.0755 e. The maximum absolute atomic E-state index is 5.32. The summed E-state index contributed by atoms with van der Waals surface area (Å²) in [6.45, 7) is 5.14. The van der Waals surface area contributed by atoms with Crippen LogP contribution in [0.3, 0.4) is 0 Å². The van der Waals surface area contributed by atoms with Crippen molar-refractivity contribution in [2.24, 2.45) is 0 Å². The minimum absolute atomic E-state index is 0.296. The van der Waals surface area contributed by atoms with Crippen molar-refractivity contribution in [3.8, 4) is 5.30 Å². The zero-order valence-corrected chi connectivity index (χ0v) is 10.9. The van der Waals surface area contributed by atoms with Gasteiger partial charge in [-0.15, -0.1) is 0 Å². The number of hydrogen-bond acceptors (Lipinski definition) is 1. The monoisotopic (exact) mass is 232 g/mol. The molecule has 2 rings (SSSR count). The number of benzene rings is 1. The molecular formula is C14H17OP. The molecule has 1 aromatic heterocycles. The molecule has 0 aliphatic rings. The summed E-state index contributed by atoms with van der Waals surface area (Å²) in [6.07, 6.45) is 0. The van der Waals surface area contributed by atoms with Crippen LogP contribution in [0.2, 0.25) is 0 Å². The second-order valence-electron chi connectivity index (χ2n) is 4.02. The number of ether oxygens (including phenoxy) is 1. The summed E-state index contributed by atoms with van der Waals surface area (Å²) in [5, 5.41) is 2.88. The molecule has 1 atom stereocenters. The van der Waals surface area contributed by atoms with Gasteiger partial charge >= 0.3 is 0 Å². The van der Waals surface area contributed by atoms with E-state index >= 15 is 0 Å². The maximum atomic E-state index is 5.32. The molecule has 0 aliphatic carbocycles. The summed E-state index contributed by atoms with van der Waals surface area (Å²) in [6, 6.07) is 10.7. The van der Waals surface area contributed by atoms with Gasteiger partial charge in [0.05, 0.1) is 6.61 Å². The van der Waals surface area contributed by atoms with Crippen LogP contribution >= 0.6 is 7.53 Å². The summed E-state index contributed by atoms with van der Waals surface area (Å²) in [5.74, 6) is 2.40. The first-order chi connectivity index (χ1) is 7.74. The number of hydrogen-bond donors (Lipinski definition) is 0. The van der Waals surface area contributed by atoms with Crippen molar-refractivity contribution in [1.29, 1.82) is 0 Å². The molecular weight excluding hydrogens is 215 g/mol. The number of aryl methyl sites for hydroxylation is 1. The van der Waals surface area contributed by atoms with E-state index < -0.39 is 0 Å². The van der Waals surface area contributed by atoms with Gasteiger partial charge in [0.1, 0.15) is 0 Å². The van der Waals surface area contributed by atoms with Crippen LogP contribution in [-0.2, 0) is 11.3 Å². The first-order valence-corrected chi connectivity index (χ1v) is 6.87. The van der Waals surface area contributed by atoms with Gasteiger partial charge in [-0.05, 0) is 36.1 Å². The molecule has 16 heavy (non-hydrogen) atoms. The Morgan fingerprint density at radius 3 is 2.44 bits per heavy atom. The highest BCUT2D eigenvalue weighted by Crippen LogP contribution is 2.47. The van der Waals surface area contributed by atoms with Crippen molar-refractivity contribution in [1.82, 2.24) is 0 Å². The molecule has 0 bridgehead atoms. The molecule has 0 spiro atoms. The average Bonchev–Trinajstić information content (AvgIpc) is 2.59. The van der Waals surface area contributed by atoms with Crippen LogP contribution in [0.1, 0.15) is 16.4 Å². The highest BCUT2D eigenvalue weighted by molar-refractivity contribution is 7.57. The molecule has 1 heterocycles. The molecule has 0 amide bonds. The van der Waals surface area contributed by atoms with Crippen LogP contribution in [0, 0.1) is 13.8 Å². The first-order valence-electron chi connectivity index (χ1n) is 5.46. The van der Waals surface area contributed by atoms with Crippen LogP contribution in [-0.4, -0.2) is 7.11 Å². The lowest BCUT2D eigenvalue weighted by molar-refractivity contribution is 0.187. The van der Waals surface area contributed by atoms with Gasteiger partial charge in [-0.3, -0.25) is 0 Å². The molecule has 2 aromatic rings. The van der Waals surface area contributed by atoms with Crippen molar-refractivity contribution in [3.05, 3.63) is 52.6 Å². The van der Waals surface area contributed by atoms with Gasteiger partial charge in [0, 0.05) is 12.4 Å². The van der Waals surface area contributed by atoms with E-state index in [1.807, 2.05) is 0 Å². The van der Waals surface area contributed by atoms with Crippen molar-refractivity contribution in [2.45, 2.75) is 20.5 Å². The van der Waals surface area contributed by atoms with E-state index in [4.69, 9.17) is 4.74 Å². The normalized spacial score (nSPS) is 11.8. The fraction of sp³-hybridized carbons (Fsp3) is 0.286. The molecule has 84 valence electrons. The third-order valence-corrected chi connectivity index (χ3v) is 5.50. The Morgan fingerprint density at radius 2 is 1.81 bits per heavy atom. The van der Waals surface area contributed by atoms with Crippen molar-refractivity contribution >= 4 is 7.53 Å². The molecule has 1 aromatic carbocycles. The van der Waals surface area contributed by atoms with E-state index in [0.717, 1.165) is 6.61 Å². The lowest BCUT2D eigenvalue weighted by Gasteiger charge is -2.06. The zero-order chi connectivity index (χ0) is 11.5. The summed E-state index contributed by atoms with van der Waals surface area (Å²) in [5.41, 5.74) is 2.82. The van der Waals surface area contributed by atoms with Crippen LogP contribution < -0.4 is 0 Å². The quantitative estimate of drug-likeness (QED) is 0.760. The molecule has 0 radical (unpaired) electrons. The lowest BCUT2D eigenvalue weighted by Crippen LogP contribution is -1.87. The van der Waals surface area contributed by atoms with Crippen LogP contribution in [0.15, 0.2) is 36.1 Å². The van der Waals surface area contributed by atoms with Crippen LogP contribution in [0.5, 0.6) is 0 Å². The second-order valence-corrected chi connectivity index (χ2v) is 6.08. The highest BCUT2D eigenvalue weighted by atomic mass is 31.1. The molecule has 1 unspecified atom stereocenters. The SMILES string of the molecule is COCc1c(C)c(C)cp1-c1ccccc1. The van der Waals surface area contributed by atoms with Crippen molar-refractivity contribution in [2.75, 3.05) is 7.11 Å². The Labute approximate surface area is 98.1 Å². The minimum Gasteiger partial charge on any atom is -0.380 e. The molecule has 0 saturated carbocycles. The van der Waals surface area contributed by atoms with E-state index in [9.17, 15) is 0 Å². The molecule has 1 nitrogen and oxygen atoms in total. The fourth-order valence-electron chi connectivity index (χ4n) is 1.91. The largest absolute Gasteiger partial charge is 0.380 e. The number of rotatable bonds is 3. The van der Waals surface area contributed by atoms with E-state index in [0.29, 0.717) is 0 Å². The first kappa shape index (κ1) is 11.4. The molecule has 0 saturated heterocycles. The van der Waals surface area contributed by atoms with Gasteiger partial charge in [-0.1, -0.05) is 37.9 Å². The zero-order valence-electron chi connectivity index (χ0n) is 10.0. The van der Waals surface area contributed by atoms with E-state index in [-0.39, 0.29) is 7.53 Å². The second kappa shape index (κ2) is 4.86. The third kappa shape index (κ3) is 2.07. The van der Waals surface area contributed by atoms with E-state index in [1.165, 1.54) is 21.7 Å². The molecule has 0 fully saturated rings. The third-order valence-electron chi connectivity index (χ3n) is 2.95. The highest BCUT2D eigenvalue weighted by Gasteiger charge is 2.11. The molecule has 0 aliphatic heterocycles. The van der Waals surface area contributed by atoms with Gasteiger partial charge < -0.3 is 4.74 Å². The Morgan fingerprint density at radius 1 is 1.12 bits per heavy atom. The topological polar surface area (TPSA) is 9.23 Å². The Hall–Kier alpha value is -1.04. The standard InChI is InChI=1S/C14H17OP/c1-11-10-16(13-7-5-4-6-8-13)14(9-15-3)12(11)2/h4-8,10H,9H2,1-3H3. The fourth-order valence-corrected chi connectivity index (χ4v) is 4.41. The summed E-state index contributed by atoms with van der Waals surface area (Å²) >= 11 is 0. The Bertz CT molecular complexity index is 471. The van der Waals surface area contributed by atoms with Crippen molar-refractivity contribution in [3.63, 3.8) is 0 Å². The van der Waals surface area contributed by atoms with Crippen molar-refractivity contribution < 1.29 is 4.74 Å². The summed E-state index contributed by atoms with van der Waals surface area (Å²) < 4.78 is 5.32. The molecule has 2 heteroatoms. The van der Waals surface area contributed by atoms with Crippen LogP contribution in [0.25, 0.3) is 5.30 Å². The number of methoxy groups -OCH3 is 1. The van der Waals surface area contributed by atoms with Gasteiger partial charge in [0.2, 0.25) is 0 Å². The predicted octanol–water partition coefficient (Wildman–Crippen LogP) is 4.43. The van der Waals surface area contributed by atoms with Gasteiger partial charge in [-0.2, -0.15) is 0 Å². The van der Waals surface area contributed by atoms with Crippen LogP contribution in [0.4, 0.5) is 0 Å². The van der Waals surface area contributed by atoms with Gasteiger partial charge in [0.25, 0.3) is 0 Å². The summed E-state index contributed by atoms with van der Waals surface area (Å²) in [7, 11) is 1.47. The van der Waals surface area contributed by atoms with E-state index in [1.54, 1.807) is 7.11 Å². The smallest absolute Gasteiger partial charge is 0.0755 e. The van der Waals surface area contributed by atoms with Gasteiger partial charge in [-0.25, -0.2) is 0 Å². The minimum atomic E-state index is -0.296. The summed E-state index contributed by atoms with van der Waals surface area (Å²) in [4.78, 5) is 0. The average molecular weight is 232 g/mol. The Kier molecular flexibility index (Phi) is 3.48. The Balaban J connectivity index is 2.52. The predicted molar refractivity (Wildman–Crippen MR) is 70.7 cm³/mol. The molecule has 0 N–H and O–H groups in total. The lowest BCUT2D eigenvalue weighted by atomic mass is 10.2.